The highest BCUT2D eigenvalue weighted by molar-refractivity contribution is 6.99. The number of benzene rings is 1. The van der Waals surface area contributed by atoms with E-state index in [1.807, 2.05) is 6.92 Å². The van der Waals surface area contributed by atoms with Crippen molar-refractivity contribution in [1.29, 1.82) is 0 Å². The molecule has 8 nitrogen and oxygen atoms in total. The number of rotatable bonds is 8. The van der Waals surface area contributed by atoms with E-state index in [1.54, 1.807) is 25.2 Å². The van der Waals surface area contributed by atoms with E-state index in [0.717, 1.165) is 11.7 Å². The van der Waals surface area contributed by atoms with E-state index >= 15 is 0 Å². The van der Waals surface area contributed by atoms with Crippen LogP contribution in [0.25, 0.3) is 0 Å². The number of hydrogen-bond donors (Lipinski definition) is 3. The molecule has 2 aromatic rings. The number of phenolic OH excluding ortho intramolecular Hbond substituents is 1. The van der Waals surface area contributed by atoms with Gasteiger partial charge < -0.3 is 25.2 Å². The van der Waals surface area contributed by atoms with Crippen LogP contribution in [0.2, 0.25) is 0 Å². The van der Waals surface area contributed by atoms with Gasteiger partial charge in [-0.2, -0.15) is 4.37 Å². The summed E-state index contributed by atoms with van der Waals surface area (Å²) < 4.78 is 13.4. The summed E-state index contributed by atoms with van der Waals surface area (Å²) in [5.41, 5.74) is 0.506. The lowest BCUT2D eigenvalue weighted by molar-refractivity contribution is 0.0783. The average Bonchev–Trinajstić information content (AvgIpc) is 3.01. The van der Waals surface area contributed by atoms with Crippen LogP contribution >= 0.6 is 11.7 Å². The fraction of sp³-hybridized carbons (Fsp3) is 0.400. The van der Waals surface area contributed by atoms with Crippen molar-refractivity contribution >= 4 is 29.1 Å². The summed E-state index contributed by atoms with van der Waals surface area (Å²) in [4.78, 5) is 13.9. The van der Waals surface area contributed by atoms with E-state index < -0.39 is 0 Å². The summed E-state index contributed by atoms with van der Waals surface area (Å²) in [7, 11) is 1.62. The molecule has 0 bridgehead atoms. The number of carbonyl (C=O) groups is 1. The second kappa shape index (κ2) is 8.46. The number of nitrogens with one attached hydrogen (secondary N) is 1. The van der Waals surface area contributed by atoms with Gasteiger partial charge in [-0.3, -0.25) is 4.79 Å². The minimum Gasteiger partial charge on any atom is -0.505 e. The van der Waals surface area contributed by atoms with Gasteiger partial charge in [0.15, 0.2) is 5.75 Å². The maximum atomic E-state index is 12.4. The molecule has 3 N–H and O–H groups in total. The predicted molar refractivity (Wildman–Crippen MR) is 91.1 cm³/mol. The number of aliphatic hydroxyl groups excluding tert-OH is 1. The minimum absolute atomic E-state index is 0.00221. The summed E-state index contributed by atoms with van der Waals surface area (Å²) in [5.74, 6) is 0.230. The van der Waals surface area contributed by atoms with Gasteiger partial charge in [0, 0.05) is 20.2 Å². The summed E-state index contributed by atoms with van der Waals surface area (Å²) in [5, 5.41) is 22.2. The summed E-state index contributed by atoms with van der Waals surface area (Å²) in [6.45, 7) is 2.68. The van der Waals surface area contributed by atoms with Crippen LogP contribution in [0.5, 0.6) is 11.6 Å². The molecule has 0 aliphatic carbocycles. The van der Waals surface area contributed by atoms with Crippen LogP contribution in [-0.2, 0) is 0 Å². The number of para-hydroxylation sites is 1. The third-order valence-electron chi connectivity index (χ3n) is 3.26. The van der Waals surface area contributed by atoms with Crippen LogP contribution in [0.15, 0.2) is 18.2 Å². The molecular formula is C15H20N4O4S. The zero-order chi connectivity index (χ0) is 17.5. The molecular weight excluding hydrogens is 332 g/mol. The Morgan fingerprint density at radius 2 is 2.21 bits per heavy atom. The lowest BCUT2D eigenvalue weighted by atomic mass is 10.1. The molecule has 0 fully saturated rings. The number of hydrogen-bond acceptors (Lipinski definition) is 8. The van der Waals surface area contributed by atoms with Gasteiger partial charge in [0.25, 0.3) is 11.8 Å². The van der Waals surface area contributed by atoms with Gasteiger partial charge in [-0.15, -0.1) is 4.37 Å². The van der Waals surface area contributed by atoms with Crippen LogP contribution in [0, 0.1) is 0 Å². The van der Waals surface area contributed by atoms with Gasteiger partial charge in [0.05, 0.1) is 29.6 Å². The fourth-order valence-corrected chi connectivity index (χ4v) is 2.51. The number of aromatic nitrogens is 2. The molecule has 0 aliphatic rings. The Balaban J connectivity index is 2.21. The van der Waals surface area contributed by atoms with Crippen molar-refractivity contribution in [1.82, 2.24) is 13.6 Å². The standard InChI is InChI=1S/C15H20N4O4S/c1-3-23-14-13(17-24-18-14)16-11-7-4-6-10(12(11)21)15(22)19(2)8-5-9-20/h4,6-7,20-21H,3,5,8-9H2,1-2H3,(H,16,17). The first-order chi connectivity index (χ1) is 11.6. The number of amides is 1. The summed E-state index contributed by atoms with van der Waals surface area (Å²) >= 11 is 0.988. The molecule has 0 saturated heterocycles. The van der Waals surface area contributed by atoms with Crippen LogP contribution in [0.4, 0.5) is 11.5 Å². The number of ether oxygens (including phenoxy) is 1. The lowest BCUT2D eigenvalue weighted by Crippen LogP contribution is -2.28. The van der Waals surface area contributed by atoms with Crippen molar-refractivity contribution in [3.05, 3.63) is 23.8 Å². The SMILES string of the molecule is CCOc1nsnc1Nc1cccc(C(=O)N(C)CCCO)c1O. The molecule has 9 heteroatoms. The largest absolute Gasteiger partial charge is 0.505 e. The molecule has 130 valence electrons. The van der Waals surface area contributed by atoms with Crippen molar-refractivity contribution in [2.45, 2.75) is 13.3 Å². The Morgan fingerprint density at radius 3 is 2.92 bits per heavy atom. The second-order valence-electron chi connectivity index (χ2n) is 4.98. The van der Waals surface area contributed by atoms with Crippen LogP contribution in [0.3, 0.4) is 0 Å². The van der Waals surface area contributed by atoms with Gasteiger partial charge in [-0.1, -0.05) is 6.07 Å². The Kier molecular flexibility index (Phi) is 6.33. The lowest BCUT2D eigenvalue weighted by Gasteiger charge is -2.18. The van der Waals surface area contributed by atoms with Gasteiger partial charge in [-0.25, -0.2) is 0 Å². The molecule has 1 amide bonds. The predicted octanol–water partition coefficient (Wildman–Crippen LogP) is 1.84. The van der Waals surface area contributed by atoms with Gasteiger partial charge >= 0.3 is 0 Å². The Hall–Kier alpha value is -2.39. The average molecular weight is 352 g/mol. The molecule has 0 atom stereocenters. The second-order valence-corrected chi connectivity index (χ2v) is 5.51. The van der Waals surface area contributed by atoms with E-state index in [2.05, 4.69) is 14.1 Å². The highest BCUT2D eigenvalue weighted by Gasteiger charge is 2.19. The molecule has 24 heavy (non-hydrogen) atoms. The molecule has 0 aliphatic heterocycles. The normalized spacial score (nSPS) is 10.5. The molecule has 0 saturated carbocycles. The van der Waals surface area contributed by atoms with Gasteiger partial charge in [0.1, 0.15) is 0 Å². The van der Waals surface area contributed by atoms with Crippen molar-refractivity contribution in [3.63, 3.8) is 0 Å². The maximum Gasteiger partial charge on any atom is 0.271 e. The smallest absolute Gasteiger partial charge is 0.271 e. The molecule has 2 rings (SSSR count). The Labute approximate surface area is 144 Å². The number of carbonyl (C=O) groups excluding carboxylic acids is 1. The van der Waals surface area contributed by atoms with E-state index in [9.17, 15) is 9.90 Å². The van der Waals surface area contributed by atoms with Crippen molar-refractivity contribution in [3.8, 4) is 11.6 Å². The summed E-state index contributed by atoms with van der Waals surface area (Å²) in [6.07, 6.45) is 0.475. The quantitative estimate of drug-likeness (QED) is 0.622. The Morgan fingerprint density at radius 1 is 1.42 bits per heavy atom. The van der Waals surface area contributed by atoms with Crippen LogP contribution in [0.1, 0.15) is 23.7 Å². The minimum atomic E-state index is -0.328. The summed E-state index contributed by atoms with van der Waals surface area (Å²) in [6, 6.07) is 4.84. The van der Waals surface area contributed by atoms with Crippen LogP contribution in [-0.4, -0.2) is 56.6 Å². The van der Waals surface area contributed by atoms with Gasteiger partial charge in [0.2, 0.25) is 5.82 Å². The molecule has 1 aromatic carbocycles. The highest BCUT2D eigenvalue weighted by Crippen LogP contribution is 2.33. The number of nitrogens with zero attached hydrogens (tertiary/aromatic N) is 3. The third kappa shape index (κ3) is 4.12. The van der Waals surface area contributed by atoms with Crippen molar-refractivity contribution < 1.29 is 19.7 Å². The van der Waals surface area contributed by atoms with Crippen LogP contribution < -0.4 is 10.1 Å². The molecule has 0 unspecified atom stereocenters. The van der Waals surface area contributed by atoms with E-state index in [-0.39, 0.29) is 23.8 Å². The fourth-order valence-electron chi connectivity index (χ4n) is 2.05. The van der Waals surface area contributed by atoms with E-state index in [0.29, 0.717) is 37.0 Å². The maximum absolute atomic E-state index is 12.4. The van der Waals surface area contributed by atoms with Crippen molar-refractivity contribution in [2.75, 3.05) is 32.1 Å². The molecule has 1 aromatic heterocycles. The first-order valence-electron chi connectivity index (χ1n) is 7.49. The number of phenols is 1. The van der Waals surface area contributed by atoms with E-state index in [4.69, 9.17) is 9.84 Å². The molecule has 1 heterocycles. The zero-order valence-corrected chi connectivity index (χ0v) is 14.3. The highest BCUT2D eigenvalue weighted by atomic mass is 32.1. The topological polar surface area (TPSA) is 108 Å². The zero-order valence-electron chi connectivity index (χ0n) is 13.5. The van der Waals surface area contributed by atoms with Crippen molar-refractivity contribution in [2.24, 2.45) is 0 Å². The monoisotopic (exact) mass is 352 g/mol. The first-order valence-corrected chi connectivity index (χ1v) is 8.22. The number of aliphatic hydroxyl groups is 1. The van der Waals surface area contributed by atoms with E-state index in [1.165, 1.54) is 4.90 Å². The first kappa shape index (κ1) is 18.0. The van der Waals surface area contributed by atoms with Gasteiger partial charge in [-0.05, 0) is 25.5 Å². The Bertz CT molecular complexity index is 692. The third-order valence-corrected chi connectivity index (χ3v) is 3.77. The number of aromatic hydroxyl groups is 1. The molecule has 0 radical (unpaired) electrons. The molecule has 0 spiro atoms. The number of anilines is 2.